The number of nitrogens with one attached hydrogen (secondary N) is 2. The molecule has 6 heteroatoms. The summed E-state index contributed by atoms with van der Waals surface area (Å²) in [6, 6.07) is -0.175. The summed E-state index contributed by atoms with van der Waals surface area (Å²) in [4.78, 5) is 20.0. The number of aliphatic hydroxyl groups excluding tert-OH is 1. The first kappa shape index (κ1) is 12.8. The average molecular weight is 250 g/mol. The zero-order valence-electron chi connectivity index (χ0n) is 10.4. The molecular formula is C12H18N4O2. The fraction of sp³-hybridized carbons (Fsp3) is 0.583. The molecule has 0 spiro atoms. The first-order valence-electron chi connectivity index (χ1n) is 6.19. The maximum atomic E-state index is 12.0. The van der Waals surface area contributed by atoms with Crippen LogP contribution in [-0.2, 0) is 0 Å². The SMILES string of the molecule is CNc1cncc(C(=O)NC2CCCCC2O)n1. The van der Waals surface area contributed by atoms with Crippen LogP contribution in [0.3, 0.4) is 0 Å². The second-order valence-electron chi connectivity index (χ2n) is 4.47. The van der Waals surface area contributed by atoms with Crippen LogP contribution in [0.1, 0.15) is 36.2 Å². The molecule has 0 bridgehead atoms. The van der Waals surface area contributed by atoms with E-state index in [0.717, 1.165) is 25.7 Å². The van der Waals surface area contributed by atoms with Crippen LogP contribution in [0, 0.1) is 0 Å². The first-order chi connectivity index (χ1) is 8.70. The van der Waals surface area contributed by atoms with Crippen molar-refractivity contribution in [2.24, 2.45) is 0 Å². The maximum absolute atomic E-state index is 12.0. The summed E-state index contributed by atoms with van der Waals surface area (Å²) in [7, 11) is 1.72. The molecule has 18 heavy (non-hydrogen) atoms. The molecule has 1 saturated carbocycles. The number of amides is 1. The fourth-order valence-electron chi connectivity index (χ4n) is 2.12. The highest BCUT2D eigenvalue weighted by Gasteiger charge is 2.25. The van der Waals surface area contributed by atoms with Crippen molar-refractivity contribution >= 4 is 11.7 Å². The number of hydrogen-bond acceptors (Lipinski definition) is 5. The van der Waals surface area contributed by atoms with Gasteiger partial charge in [-0.2, -0.15) is 0 Å². The molecule has 0 aromatic carbocycles. The molecule has 1 aromatic heterocycles. The van der Waals surface area contributed by atoms with Crippen molar-refractivity contribution in [1.82, 2.24) is 15.3 Å². The van der Waals surface area contributed by atoms with Gasteiger partial charge in [-0.25, -0.2) is 4.98 Å². The Labute approximate surface area is 106 Å². The van der Waals surface area contributed by atoms with Crippen LogP contribution < -0.4 is 10.6 Å². The highest BCUT2D eigenvalue weighted by molar-refractivity contribution is 5.92. The molecule has 0 radical (unpaired) electrons. The van der Waals surface area contributed by atoms with Crippen LogP contribution in [0.15, 0.2) is 12.4 Å². The summed E-state index contributed by atoms with van der Waals surface area (Å²) in [5.74, 6) is 0.261. The molecule has 2 atom stereocenters. The van der Waals surface area contributed by atoms with Gasteiger partial charge in [-0.15, -0.1) is 0 Å². The number of rotatable bonds is 3. The molecule has 98 valence electrons. The van der Waals surface area contributed by atoms with E-state index >= 15 is 0 Å². The summed E-state index contributed by atoms with van der Waals surface area (Å²) in [6.07, 6.45) is 6.12. The third kappa shape index (κ3) is 2.95. The van der Waals surface area contributed by atoms with Gasteiger partial charge in [0.2, 0.25) is 0 Å². The molecule has 3 N–H and O–H groups in total. The van der Waals surface area contributed by atoms with Gasteiger partial charge in [-0.05, 0) is 12.8 Å². The van der Waals surface area contributed by atoms with Crippen LogP contribution in [0.5, 0.6) is 0 Å². The molecular weight excluding hydrogens is 232 g/mol. The predicted molar refractivity (Wildman–Crippen MR) is 67.3 cm³/mol. The van der Waals surface area contributed by atoms with E-state index in [1.54, 1.807) is 13.2 Å². The Hall–Kier alpha value is -1.69. The van der Waals surface area contributed by atoms with Gasteiger partial charge in [0.05, 0.1) is 24.5 Å². The highest BCUT2D eigenvalue weighted by Crippen LogP contribution is 2.18. The molecule has 1 aliphatic carbocycles. The average Bonchev–Trinajstić information content (AvgIpc) is 2.41. The third-order valence-corrected chi connectivity index (χ3v) is 3.17. The molecule has 0 aliphatic heterocycles. The van der Waals surface area contributed by atoms with Crippen molar-refractivity contribution < 1.29 is 9.90 Å². The lowest BCUT2D eigenvalue weighted by molar-refractivity contribution is 0.0713. The lowest BCUT2D eigenvalue weighted by Crippen LogP contribution is -2.45. The van der Waals surface area contributed by atoms with E-state index in [4.69, 9.17) is 0 Å². The van der Waals surface area contributed by atoms with E-state index in [9.17, 15) is 9.90 Å². The quantitative estimate of drug-likeness (QED) is 0.729. The second-order valence-corrected chi connectivity index (χ2v) is 4.47. The van der Waals surface area contributed by atoms with Crippen LogP contribution in [0.2, 0.25) is 0 Å². The zero-order valence-corrected chi connectivity index (χ0v) is 10.4. The van der Waals surface area contributed by atoms with Gasteiger partial charge in [-0.1, -0.05) is 12.8 Å². The number of nitrogens with zero attached hydrogens (tertiary/aromatic N) is 2. The Morgan fingerprint density at radius 3 is 2.89 bits per heavy atom. The number of carbonyl (C=O) groups is 1. The first-order valence-corrected chi connectivity index (χ1v) is 6.19. The van der Waals surface area contributed by atoms with E-state index in [1.807, 2.05) is 0 Å². The number of hydrogen-bond donors (Lipinski definition) is 3. The summed E-state index contributed by atoms with van der Waals surface area (Å²) >= 11 is 0. The van der Waals surface area contributed by atoms with Gasteiger partial charge in [0, 0.05) is 7.05 Å². The van der Waals surface area contributed by atoms with E-state index in [0.29, 0.717) is 5.82 Å². The van der Waals surface area contributed by atoms with Gasteiger partial charge in [-0.3, -0.25) is 9.78 Å². The highest BCUT2D eigenvalue weighted by atomic mass is 16.3. The Morgan fingerprint density at radius 1 is 1.39 bits per heavy atom. The number of carbonyl (C=O) groups excluding carboxylic acids is 1. The van der Waals surface area contributed by atoms with Gasteiger partial charge < -0.3 is 15.7 Å². The molecule has 1 amide bonds. The van der Waals surface area contributed by atoms with Crippen molar-refractivity contribution in [3.63, 3.8) is 0 Å². The Kier molecular flexibility index (Phi) is 4.09. The van der Waals surface area contributed by atoms with Crippen molar-refractivity contribution in [2.75, 3.05) is 12.4 Å². The van der Waals surface area contributed by atoms with E-state index in [2.05, 4.69) is 20.6 Å². The van der Waals surface area contributed by atoms with Crippen molar-refractivity contribution in [3.05, 3.63) is 18.1 Å². The monoisotopic (exact) mass is 250 g/mol. The molecule has 0 saturated heterocycles. The smallest absolute Gasteiger partial charge is 0.271 e. The molecule has 2 rings (SSSR count). The lowest BCUT2D eigenvalue weighted by Gasteiger charge is -2.28. The number of aliphatic hydroxyl groups is 1. The van der Waals surface area contributed by atoms with Crippen LogP contribution in [-0.4, -0.2) is 40.2 Å². The van der Waals surface area contributed by atoms with E-state index in [-0.39, 0.29) is 17.6 Å². The Bertz CT molecular complexity index is 424. The molecule has 1 aliphatic rings. The topological polar surface area (TPSA) is 87.1 Å². The van der Waals surface area contributed by atoms with Gasteiger partial charge in [0.25, 0.3) is 5.91 Å². The molecule has 1 aromatic rings. The van der Waals surface area contributed by atoms with Gasteiger partial charge in [0.1, 0.15) is 11.5 Å². The summed E-state index contributed by atoms with van der Waals surface area (Å²) in [5.41, 5.74) is 0.264. The standard InChI is InChI=1S/C12H18N4O2/c1-13-11-7-14-6-9(15-11)12(18)16-8-4-2-3-5-10(8)17/h6-8,10,17H,2-5H2,1H3,(H,13,15)(H,16,18). The summed E-state index contributed by atoms with van der Waals surface area (Å²) in [5, 5.41) is 15.5. The number of anilines is 1. The zero-order chi connectivity index (χ0) is 13.0. The largest absolute Gasteiger partial charge is 0.391 e. The third-order valence-electron chi connectivity index (χ3n) is 3.17. The van der Waals surface area contributed by atoms with E-state index in [1.165, 1.54) is 6.20 Å². The van der Waals surface area contributed by atoms with E-state index < -0.39 is 6.10 Å². The molecule has 2 unspecified atom stereocenters. The van der Waals surface area contributed by atoms with Crippen molar-refractivity contribution in [3.8, 4) is 0 Å². The van der Waals surface area contributed by atoms with Gasteiger partial charge >= 0.3 is 0 Å². The van der Waals surface area contributed by atoms with Crippen molar-refractivity contribution in [1.29, 1.82) is 0 Å². The van der Waals surface area contributed by atoms with Gasteiger partial charge in [0.15, 0.2) is 0 Å². The Balaban J connectivity index is 2.02. The number of aromatic nitrogens is 2. The minimum Gasteiger partial charge on any atom is -0.391 e. The van der Waals surface area contributed by atoms with Crippen molar-refractivity contribution in [2.45, 2.75) is 37.8 Å². The maximum Gasteiger partial charge on any atom is 0.271 e. The predicted octanol–water partition coefficient (Wildman–Crippen LogP) is 0.552. The van der Waals surface area contributed by atoms with Crippen LogP contribution in [0.25, 0.3) is 0 Å². The van der Waals surface area contributed by atoms with Crippen LogP contribution in [0.4, 0.5) is 5.82 Å². The van der Waals surface area contributed by atoms with Crippen LogP contribution >= 0.6 is 0 Å². The second kappa shape index (κ2) is 5.77. The summed E-state index contributed by atoms with van der Waals surface area (Å²) in [6.45, 7) is 0. The normalized spacial score (nSPS) is 23.4. The summed E-state index contributed by atoms with van der Waals surface area (Å²) < 4.78 is 0. The molecule has 6 nitrogen and oxygen atoms in total. The molecule has 1 fully saturated rings. The molecule has 1 heterocycles. The lowest BCUT2D eigenvalue weighted by atomic mass is 9.92. The Morgan fingerprint density at radius 2 is 2.17 bits per heavy atom. The minimum atomic E-state index is -0.455. The fourth-order valence-corrected chi connectivity index (χ4v) is 2.12. The minimum absolute atomic E-state index is 0.175.